The van der Waals surface area contributed by atoms with E-state index in [0.717, 1.165) is 19.3 Å². The van der Waals surface area contributed by atoms with Gasteiger partial charge in [0.1, 0.15) is 5.75 Å². The van der Waals surface area contributed by atoms with Gasteiger partial charge in [-0.15, -0.1) is 0 Å². The van der Waals surface area contributed by atoms with Crippen molar-refractivity contribution in [1.29, 1.82) is 0 Å². The van der Waals surface area contributed by atoms with E-state index in [0.29, 0.717) is 6.61 Å². The topological polar surface area (TPSA) is 110 Å². The molecule has 192 valence electrons. The van der Waals surface area contributed by atoms with Crippen molar-refractivity contribution in [2.75, 3.05) is 6.61 Å². The lowest BCUT2D eigenvalue weighted by molar-refractivity contribution is 0.279. The molecule has 0 aliphatic carbocycles. The summed E-state index contributed by atoms with van der Waals surface area (Å²) in [5.74, 6) is -0.264. The second-order valence-electron chi connectivity index (χ2n) is 8.52. The zero-order valence-corrected chi connectivity index (χ0v) is 23.1. The van der Waals surface area contributed by atoms with Gasteiger partial charge in [0.15, 0.2) is 9.32 Å². The minimum atomic E-state index is -4.85. The van der Waals surface area contributed by atoms with E-state index in [-0.39, 0.29) is 15.1 Å². The molecule has 1 aromatic carbocycles. The second kappa shape index (κ2) is 18.6. The normalized spacial score (nSPS) is 11.8. The Morgan fingerprint density at radius 3 is 1.58 bits per heavy atom. The van der Waals surface area contributed by atoms with Crippen LogP contribution in [0.3, 0.4) is 0 Å². The van der Waals surface area contributed by atoms with Crippen LogP contribution in [0.5, 0.6) is 11.5 Å². The third-order valence-electron chi connectivity index (χ3n) is 5.55. The Balaban J connectivity index is 2.08. The minimum Gasteiger partial charge on any atom is -0.492 e. The highest BCUT2D eigenvalue weighted by Crippen LogP contribution is 2.44. The first-order valence-corrected chi connectivity index (χ1v) is 16.8. The molecule has 1 aromatic rings. The number of rotatable bonds is 21. The fraction of sp³-hybridized carbons (Fsp3) is 0.750. The second-order valence-corrected chi connectivity index (χ2v) is 12.0. The van der Waals surface area contributed by atoms with Crippen LogP contribution in [0.15, 0.2) is 18.2 Å². The number of hydrogen-bond acceptors (Lipinski definition) is 5. The van der Waals surface area contributed by atoms with Crippen LogP contribution in [0.4, 0.5) is 0 Å². The molecule has 0 aliphatic heterocycles. The maximum atomic E-state index is 11.6. The van der Waals surface area contributed by atoms with Crippen molar-refractivity contribution >= 4 is 27.6 Å². The monoisotopic (exact) mass is 600 g/mol. The van der Waals surface area contributed by atoms with E-state index in [1.54, 1.807) is 0 Å². The predicted octanol–water partition coefficient (Wildman–Crippen LogP) is 8.17. The van der Waals surface area contributed by atoms with Gasteiger partial charge in [0.05, 0.1) is 6.61 Å². The predicted molar refractivity (Wildman–Crippen MR) is 138 cm³/mol. The van der Waals surface area contributed by atoms with E-state index in [2.05, 4.69) is 11.4 Å². The van der Waals surface area contributed by atoms with Crippen molar-refractivity contribution < 1.29 is 29.8 Å². The molecule has 0 atom stereocenters. The SMILES string of the molecule is CCCCCCCCCCCCCCCCCCOc1cccc(OP(=O)(O)O)c1I(=O)=O. The Bertz CT molecular complexity index is 753. The van der Waals surface area contributed by atoms with Crippen LogP contribution in [-0.4, -0.2) is 16.4 Å². The number of hydrogen-bond donors (Lipinski definition) is 2. The first kappa shape index (κ1) is 30.3. The summed E-state index contributed by atoms with van der Waals surface area (Å²) >= 11 is -4.07. The Labute approximate surface area is 206 Å². The molecule has 2 N–H and O–H groups in total. The smallest absolute Gasteiger partial charge is 0.492 e. The highest BCUT2D eigenvalue weighted by molar-refractivity contribution is 14.2. The van der Waals surface area contributed by atoms with Crippen LogP contribution >= 0.6 is 27.6 Å². The molecular formula is C24H42IO7P. The average Bonchev–Trinajstić information content (AvgIpc) is 2.74. The summed E-state index contributed by atoms with van der Waals surface area (Å²) in [5, 5.41) is 0. The van der Waals surface area contributed by atoms with Crippen molar-refractivity contribution in [2.24, 2.45) is 0 Å². The summed E-state index contributed by atoms with van der Waals surface area (Å²) in [7, 11) is -4.85. The maximum absolute atomic E-state index is 11.6. The van der Waals surface area contributed by atoms with Crippen molar-refractivity contribution in [1.82, 2.24) is 0 Å². The number of benzene rings is 1. The van der Waals surface area contributed by atoms with Gasteiger partial charge in [-0.05, 0) is 18.6 Å². The number of phosphoric acid groups is 1. The Morgan fingerprint density at radius 2 is 1.15 bits per heavy atom. The van der Waals surface area contributed by atoms with E-state index in [1.807, 2.05) is 0 Å². The van der Waals surface area contributed by atoms with Gasteiger partial charge in [-0.3, -0.25) is 9.79 Å². The molecule has 1 rings (SSSR count). The van der Waals surface area contributed by atoms with Crippen LogP contribution in [0.25, 0.3) is 0 Å². The third kappa shape index (κ3) is 15.8. The molecule has 0 amide bonds. The van der Waals surface area contributed by atoms with Gasteiger partial charge >= 0.3 is 27.6 Å². The first-order chi connectivity index (χ1) is 15.8. The summed E-state index contributed by atoms with van der Waals surface area (Å²) in [4.78, 5) is 17.9. The van der Waals surface area contributed by atoms with Crippen LogP contribution in [0.1, 0.15) is 110 Å². The number of unbranched alkanes of at least 4 members (excludes halogenated alkanes) is 15. The number of phosphoric ester groups is 1. The van der Waals surface area contributed by atoms with Gasteiger partial charge in [0.2, 0.25) is 0 Å². The molecule has 0 unspecified atom stereocenters. The van der Waals surface area contributed by atoms with Crippen molar-refractivity contribution in [3.05, 3.63) is 21.8 Å². The third-order valence-corrected chi connectivity index (χ3v) is 7.93. The zero-order valence-electron chi connectivity index (χ0n) is 20.0. The molecule has 0 saturated heterocycles. The van der Waals surface area contributed by atoms with Gasteiger partial charge in [-0.2, -0.15) is 0 Å². The van der Waals surface area contributed by atoms with Crippen molar-refractivity contribution in [2.45, 2.75) is 110 Å². The van der Waals surface area contributed by atoms with Crippen LogP contribution in [0.2, 0.25) is 0 Å². The molecule has 9 heteroatoms. The lowest BCUT2D eigenvalue weighted by Crippen LogP contribution is -2.01. The molecule has 33 heavy (non-hydrogen) atoms. The summed E-state index contributed by atoms with van der Waals surface area (Å²) in [6.45, 7) is 2.61. The molecule has 0 saturated carbocycles. The molecule has 0 aliphatic rings. The van der Waals surface area contributed by atoms with Crippen LogP contribution in [-0.2, 0) is 10.7 Å². The largest absolute Gasteiger partial charge is 0.524 e. The fourth-order valence-electron chi connectivity index (χ4n) is 3.79. The molecular weight excluding hydrogens is 558 g/mol. The number of ether oxygens (including phenoxy) is 1. The summed E-state index contributed by atoms with van der Waals surface area (Å²) in [5.41, 5.74) is 0. The van der Waals surface area contributed by atoms with Gasteiger partial charge in [-0.25, -0.2) is 10.7 Å². The lowest BCUT2D eigenvalue weighted by atomic mass is 10.0. The highest BCUT2D eigenvalue weighted by Gasteiger charge is 2.23. The summed E-state index contributed by atoms with van der Waals surface area (Å²) < 4.78 is 44.1. The van der Waals surface area contributed by atoms with E-state index >= 15 is 0 Å². The molecule has 0 spiro atoms. The Hall–Kier alpha value is -0.700. The van der Waals surface area contributed by atoms with Crippen LogP contribution in [0, 0.1) is 3.57 Å². The molecule has 0 fully saturated rings. The number of halogens is 1. The highest BCUT2D eigenvalue weighted by atomic mass is 127. The minimum absolute atomic E-state index is 0.0945. The van der Waals surface area contributed by atoms with E-state index in [1.165, 1.54) is 102 Å². The van der Waals surface area contributed by atoms with E-state index in [9.17, 15) is 10.7 Å². The van der Waals surface area contributed by atoms with Crippen molar-refractivity contribution in [3.8, 4) is 11.5 Å². The molecule has 0 heterocycles. The lowest BCUT2D eigenvalue weighted by Gasteiger charge is -2.12. The fourth-order valence-corrected chi connectivity index (χ4v) is 5.86. The first-order valence-electron chi connectivity index (χ1n) is 12.4. The van der Waals surface area contributed by atoms with Gasteiger partial charge < -0.3 is 9.26 Å². The molecule has 0 aromatic heterocycles. The quantitative estimate of drug-likeness (QED) is 0.0832. The summed E-state index contributed by atoms with van der Waals surface area (Å²) in [6, 6.07) is 4.15. The standard InChI is InChI=1S/C24H42IO7P/c1-2-3-4-5-6-7-8-9-10-11-12-13-14-15-16-17-21-31-22-19-18-20-23(24(22)25(26)27)32-33(28,29)30/h18-20H,2-17,21H2,1H3,(H2,28,29,30). The summed E-state index contributed by atoms with van der Waals surface area (Å²) in [6.07, 6.45) is 20.4. The molecule has 0 radical (unpaired) electrons. The van der Waals surface area contributed by atoms with Gasteiger partial charge in [0.25, 0.3) is 0 Å². The molecule has 0 bridgehead atoms. The van der Waals surface area contributed by atoms with E-state index in [4.69, 9.17) is 14.5 Å². The van der Waals surface area contributed by atoms with Gasteiger partial charge in [0, 0.05) is 0 Å². The Kier molecular flexibility index (Phi) is 17.1. The van der Waals surface area contributed by atoms with E-state index < -0.39 is 27.6 Å². The zero-order chi connectivity index (χ0) is 24.4. The Morgan fingerprint density at radius 1 is 0.727 bits per heavy atom. The van der Waals surface area contributed by atoms with Crippen LogP contribution < -0.4 is 9.26 Å². The molecule has 7 nitrogen and oxygen atoms in total. The van der Waals surface area contributed by atoms with Gasteiger partial charge in [-0.1, -0.05) is 109 Å². The maximum Gasteiger partial charge on any atom is 0.524 e. The van der Waals surface area contributed by atoms with Crippen molar-refractivity contribution in [3.63, 3.8) is 0 Å². The average molecular weight is 600 g/mol.